The summed E-state index contributed by atoms with van der Waals surface area (Å²) in [6.45, 7) is 0. The maximum atomic E-state index is 12.8. The number of rotatable bonds is 5. The zero-order chi connectivity index (χ0) is 50.2. The molecule has 18 aromatic rings. The number of pyridine rings is 1. The fourth-order valence-electron chi connectivity index (χ4n) is 14.4. The van der Waals surface area contributed by atoms with Crippen LogP contribution in [0.25, 0.3) is 169 Å². The largest absolute Gasteiger partial charge is 0.308 e. The van der Waals surface area contributed by atoms with Gasteiger partial charge in [-0.1, -0.05) is 182 Å². The Balaban J connectivity index is 1.17. The van der Waals surface area contributed by atoms with Crippen molar-refractivity contribution in [3.63, 3.8) is 0 Å². The van der Waals surface area contributed by atoms with Crippen molar-refractivity contribution in [1.82, 2.24) is 18.7 Å². The van der Waals surface area contributed by atoms with Crippen molar-refractivity contribution in [2.45, 2.75) is 0 Å². The number of fused-ring (bicyclic) bond motifs is 9. The Morgan fingerprint density at radius 1 is 0.273 bits per heavy atom. The number of hydrogen-bond donors (Lipinski definition) is 0. The summed E-state index contributed by atoms with van der Waals surface area (Å²) >= 11 is 0. The van der Waals surface area contributed by atoms with Gasteiger partial charge in [-0.3, -0.25) is 4.98 Å². The third-order valence-electron chi connectivity index (χ3n) is 17.2. The molecular formula is C72H39N5. The van der Waals surface area contributed by atoms with Gasteiger partial charge in [0.2, 0.25) is 0 Å². The SMILES string of the molecule is N#Cc1c(-n2c3cccc4c5ccccc5c5cccc2c5c43)c(-c2ccccc2)c(-n2c3cccc4c5ccncc5c5cccc2c5c43)c(-c2ccccc2)c1-n1c2cccc3c4ccccc4c4cccc1c4c32. The average molecular weight is 974 g/mol. The summed E-state index contributed by atoms with van der Waals surface area (Å²) in [4.78, 5) is 4.71. The van der Waals surface area contributed by atoms with Crippen molar-refractivity contribution in [3.8, 4) is 45.4 Å². The van der Waals surface area contributed by atoms with Crippen LogP contribution in [0, 0.1) is 11.3 Å². The molecule has 0 saturated heterocycles. The van der Waals surface area contributed by atoms with Crippen molar-refractivity contribution in [1.29, 1.82) is 5.26 Å². The zero-order valence-corrected chi connectivity index (χ0v) is 41.3. The van der Waals surface area contributed by atoms with E-state index in [1.807, 2.05) is 12.4 Å². The van der Waals surface area contributed by atoms with Crippen LogP contribution in [0.15, 0.2) is 237 Å². The van der Waals surface area contributed by atoms with Crippen LogP contribution >= 0.6 is 0 Å². The molecule has 4 aromatic heterocycles. The Bertz CT molecular complexity index is 5070. The molecule has 14 aromatic carbocycles. The van der Waals surface area contributed by atoms with Gasteiger partial charge in [-0.2, -0.15) is 5.26 Å². The Morgan fingerprint density at radius 2 is 0.558 bits per heavy atom. The van der Waals surface area contributed by atoms with Crippen molar-refractivity contribution in [2.24, 2.45) is 0 Å². The molecule has 77 heavy (non-hydrogen) atoms. The molecule has 4 heterocycles. The molecule has 0 atom stereocenters. The van der Waals surface area contributed by atoms with Gasteiger partial charge in [0.1, 0.15) is 11.6 Å². The number of benzene rings is 14. The summed E-state index contributed by atoms with van der Waals surface area (Å²) in [7, 11) is 0. The van der Waals surface area contributed by atoms with Gasteiger partial charge in [0.25, 0.3) is 0 Å². The molecule has 5 heteroatoms. The van der Waals surface area contributed by atoms with Crippen molar-refractivity contribution in [2.75, 3.05) is 0 Å². The van der Waals surface area contributed by atoms with E-state index in [1.165, 1.54) is 86.2 Å². The smallest absolute Gasteiger partial charge is 0.104 e. The van der Waals surface area contributed by atoms with Gasteiger partial charge < -0.3 is 13.7 Å². The van der Waals surface area contributed by atoms with E-state index >= 15 is 0 Å². The summed E-state index contributed by atoms with van der Waals surface area (Å²) < 4.78 is 7.46. The minimum absolute atomic E-state index is 0.578. The highest BCUT2D eigenvalue weighted by molar-refractivity contribution is 6.37. The van der Waals surface area contributed by atoms with Crippen LogP contribution in [-0.4, -0.2) is 18.7 Å². The standard InChI is InChI=1S/C72H39N5/c73-39-54-70(75-56-31-11-25-48-43-21-7-8-22-44(43)49-26-12-32-57(75)65(49)64(48)56)62(41-17-3-1-4-18-41)72(77-60-35-15-29-52-47-37-38-74-40-55(47)53-30-16-36-61(77)69(53)68(52)60)63(42-19-5-2-6-20-42)71(54)76-58-33-13-27-50-45-23-9-10-24-46(45)51-28-14-34-59(76)67(51)66(50)58/h1-38,40H. The van der Waals surface area contributed by atoms with Crippen molar-refractivity contribution in [3.05, 3.63) is 242 Å². The minimum Gasteiger partial charge on any atom is -0.308 e. The number of aromatic nitrogens is 4. The molecular weight excluding hydrogens is 935 g/mol. The molecule has 0 radical (unpaired) electrons. The number of hydrogen-bond acceptors (Lipinski definition) is 2. The monoisotopic (exact) mass is 973 g/mol. The predicted octanol–water partition coefficient (Wildman–Crippen LogP) is 18.8. The van der Waals surface area contributed by atoms with Gasteiger partial charge in [0, 0.05) is 61.2 Å². The van der Waals surface area contributed by atoms with Crippen molar-refractivity contribution < 1.29 is 0 Å². The molecule has 0 N–H and O–H groups in total. The molecule has 0 saturated carbocycles. The molecule has 5 nitrogen and oxygen atoms in total. The lowest BCUT2D eigenvalue weighted by Crippen LogP contribution is -2.13. The molecule has 0 unspecified atom stereocenters. The van der Waals surface area contributed by atoms with Gasteiger partial charge >= 0.3 is 0 Å². The second kappa shape index (κ2) is 14.8. The normalized spacial score (nSPS) is 12.4. The molecule has 0 aliphatic heterocycles. The molecule has 18 rings (SSSR count). The second-order valence-electron chi connectivity index (χ2n) is 20.7. The number of nitrogens with zero attached hydrogens (tertiary/aromatic N) is 5. The highest BCUT2D eigenvalue weighted by Gasteiger charge is 2.35. The maximum Gasteiger partial charge on any atom is 0.104 e. The van der Waals surface area contributed by atoms with Crippen LogP contribution in [-0.2, 0) is 0 Å². The first-order valence-corrected chi connectivity index (χ1v) is 26.4. The van der Waals surface area contributed by atoms with E-state index in [2.05, 4.69) is 244 Å². The lowest BCUT2D eigenvalue weighted by atomic mass is 9.88. The third kappa shape index (κ3) is 5.05. The van der Waals surface area contributed by atoms with Crippen molar-refractivity contribution >= 4 is 130 Å². The third-order valence-corrected chi connectivity index (χ3v) is 17.2. The maximum absolute atomic E-state index is 12.8. The average Bonchev–Trinajstić information content (AvgIpc) is 4.32. The van der Waals surface area contributed by atoms with E-state index in [0.717, 1.165) is 83.2 Å². The fourth-order valence-corrected chi connectivity index (χ4v) is 14.4. The van der Waals surface area contributed by atoms with Crippen LogP contribution in [0.1, 0.15) is 5.56 Å². The van der Waals surface area contributed by atoms with Gasteiger partial charge in [0.15, 0.2) is 0 Å². The van der Waals surface area contributed by atoms with Crippen LogP contribution in [0.5, 0.6) is 0 Å². The first-order valence-electron chi connectivity index (χ1n) is 26.4. The van der Waals surface area contributed by atoms with Crippen LogP contribution in [0.4, 0.5) is 0 Å². The molecule has 352 valence electrons. The summed E-state index contributed by atoms with van der Waals surface area (Å²) in [5, 5.41) is 34.2. The van der Waals surface area contributed by atoms with Crippen LogP contribution in [0.3, 0.4) is 0 Å². The second-order valence-corrected chi connectivity index (χ2v) is 20.7. The van der Waals surface area contributed by atoms with Gasteiger partial charge in [-0.25, -0.2) is 0 Å². The van der Waals surface area contributed by atoms with Gasteiger partial charge in [0.05, 0.1) is 50.2 Å². The minimum atomic E-state index is 0.578. The van der Waals surface area contributed by atoms with E-state index in [1.54, 1.807) is 0 Å². The molecule has 0 bridgehead atoms. The molecule has 0 fully saturated rings. The van der Waals surface area contributed by atoms with E-state index in [9.17, 15) is 5.26 Å². The first kappa shape index (κ1) is 40.9. The zero-order valence-electron chi connectivity index (χ0n) is 41.3. The first-order chi connectivity index (χ1) is 38.3. The van der Waals surface area contributed by atoms with E-state index in [4.69, 9.17) is 4.98 Å². The van der Waals surface area contributed by atoms with Gasteiger partial charge in [-0.15, -0.1) is 0 Å². The highest BCUT2D eigenvalue weighted by atomic mass is 15.1. The summed E-state index contributed by atoms with van der Waals surface area (Å²) in [6, 6.07) is 85.0. The molecule has 0 aliphatic carbocycles. The molecule has 0 amide bonds. The predicted molar refractivity (Wildman–Crippen MR) is 321 cm³/mol. The van der Waals surface area contributed by atoms with E-state index in [0.29, 0.717) is 5.56 Å². The lowest BCUT2D eigenvalue weighted by molar-refractivity contribution is 1.09. The van der Waals surface area contributed by atoms with Gasteiger partial charge in [-0.05, 0) is 113 Å². The highest BCUT2D eigenvalue weighted by Crippen LogP contribution is 2.55. The van der Waals surface area contributed by atoms with E-state index < -0.39 is 0 Å². The lowest BCUT2D eigenvalue weighted by Gasteiger charge is -2.28. The van der Waals surface area contributed by atoms with Crippen LogP contribution in [0.2, 0.25) is 0 Å². The summed E-state index contributed by atoms with van der Waals surface area (Å²) in [5.41, 5.74) is 13.5. The molecule has 0 aliphatic rings. The van der Waals surface area contributed by atoms with Crippen LogP contribution < -0.4 is 0 Å². The van der Waals surface area contributed by atoms with E-state index in [-0.39, 0.29) is 0 Å². The summed E-state index contributed by atoms with van der Waals surface area (Å²) in [5.74, 6) is 0. The Hall–Kier alpha value is -10.5. The Kier molecular flexibility index (Phi) is 7.87. The molecule has 0 spiro atoms. The topological polar surface area (TPSA) is 51.5 Å². The summed E-state index contributed by atoms with van der Waals surface area (Å²) in [6.07, 6.45) is 3.94. The Morgan fingerprint density at radius 3 is 0.896 bits per heavy atom. The number of nitriles is 1. The quantitative estimate of drug-likeness (QED) is 0.161. The Labute approximate surface area is 439 Å². The fraction of sp³-hybridized carbons (Fsp3) is 0.